The van der Waals surface area contributed by atoms with Gasteiger partial charge in [-0.1, -0.05) is 11.6 Å². The Morgan fingerprint density at radius 2 is 2.00 bits per heavy atom. The first-order valence-electron chi connectivity index (χ1n) is 7.67. The molecule has 5 nitrogen and oxygen atoms in total. The molecule has 0 N–H and O–H groups in total. The maximum atomic E-state index is 12.7. The number of rotatable bonds is 3. The van der Waals surface area contributed by atoms with Crippen LogP contribution in [-0.2, 0) is 4.74 Å². The molecule has 1 aromatic carbocycles. The molecule has 1 saturated heterocycles. The van der Waals surface area contributed by atoms with E-state index in [1.807, 2.05) is 0 Å². The van der Waals surface area contributed by atoms with Crippen LogP contribution in [0.15, 0.2) is 36.7 Å². The van der Waals surface area contributed by atoms with Crippen LogP contribution in [0.25, 0.3) is 5.69 Å². The van der Waals surface area contributed by atoms with Crippen LogP contribution in [0.4, 0.5) is 13.2 Å². The molecule has 1 aliphatic heterocycles. The van der Waals surface area contributed by atoms with Gasteiger partial charge in [0.05, 0.1) is 22.4 Å². The number of likely N-dealkylation sites (tertiary alicyclic amines) is 1. The fraction of sp³-hybridized carbons (Fsp3) is 0.375. The van der Waals surface area contributed by atoms with Crippen molar-refractivity contribution in [1.29, 1.82) is 0 Å². The first-order valence-corrected chi connectivity index (χ1v) is 8.05. The molecular weight excluding hydrogens is 359 g/mol. The van der Waals surface area contributed by atoms with E-state index in [4.69, 9.17) is 11.6 Å². The lowest BCUT2D eigenvalue weighted by Gasteiger charge is -2.32. The molecule has 0 aliphatic carbocycles. The number of carbonyl (C=O) groups is 1. The van der Waals surface area contributed by atoms with Crippen molar-refractivity contribution in [3.63, 3.8) is 0 Å². The van der Waals surface area contributed by atoms with Crippen LogP contribution >= 0.6 is 11.6 Å². The number of nitrogens with zero attached hydrogens (tertiary/aromatic N) is 3. The molecule has 2 heterocycles. The number of benzene rings is 1. The second-order valence-corrected chi connectivity index (χ2v) is 6.08. The zero-order chi connectivity index (χ0) is 18.0. The Kier molecular flexibility index (Phi) is 5.01. The maximum Gasteiger partial charge on any atom is 0.522 e. The highest BCUT2D eigenvalue weighted by molar-refractivity contribution is 6.33. The van der Waals surface area contributed by atoms with Crippen molar-refractivity contribution in [2.45, 2.75) is 25.3 Å². The van der Waals surface area contributed by atoms with Crippen molar-refractivity contribution in [1.82, 2.24) is 14.7 Å². The Labute approximate surface area is 146 Å². The van der Waals surface area contributed by atoms with E-state index >= 15 is 0 Å². The summed E-state index contributed by atoms with van der Waals surface area (Å²) in [5.41, 5.74) is 0.970. The van der Waals surface area contributed by atoms with E-state index in [2.05, 4.69) is 9.84 Å². The summed E-state index contributed by atoms with van der Waals surface area (Å²) in [6.07, 6.45) is -1.98. The Bertz CT molecular complexity index is 742. The second kappa shape index (κ2) is 7.05. The number of amides is 1. The minimum Gasteiger partial charge on any atom is -0.338 e. The number of carbonyl (C=O) groups excluding carboxylic acids is 1. The third-order valence-corrected chi connectivity index (χ3v) is 4.31. The molecule has 3 rings (SSSR count). The summed E-state index contributed by atoms with van der Waals surface area (Å²) in [6, 6.07) is 6.71. The summed E-state index contributed by atoms with van der Waals surface area (Å²) in [5, 5.41) is 4.39. The van der Waals surface area contributed by atoms with Gasteiger partial charge in [0.2, 0.25) is 0 Å². The molecular formula is C16H15ClF3N3O2. The lowest BCUT2D eigenvalue weighted by atomic mass is 10.1. The average molecular weight is 374 g/mol. The highest BCUT2D eigenvalue weighted by Crippen LogP contribution is 2.27. The van der Waals surface area contributed by atoms with Crippen molar-refractivity contribution in [3.8, 4) is 5.69 Å². The lowest BCUT2D eigenvalue weighted by molar-refractivity contribution is -0.345. The summed E-state index contributed by atoms with van der Waals surface area (Å²) < 4.78 is 42.4. The summed E-state index contributed by atoms with van der Waals surface area (Å²) in [7, 11) is 0. The third kappa shape index (κ3) is 4.32. The molecule has 1 fully saturated rings. The molecule has 134 valence electrons. The quantitative estimate of drug-likeness (QED) is 0.824. The summed E-state index contributed by atoms with van der Waals surface area (Å²) in [5.74, 6) is -0.315. The minimum atomic E-state index is -4.65. The normalized spacial score (nSPS) is 16.2. The third-order valence-electron chi connectivity index (χ3n) is 3.98. The van der Waals surface area contributed by atoms with Crippen molar-refractivity contribution in [2.75, 3.05) is 13.1 Å². The van der Waals surface area contributed by atoms with Crippen LogP contribution in [0.2, 0.25) is 5.02 Å². The molecule has 0 saturated carbocycles. The van der Waals surface area contributed by atoms with Gasteiger partial charge in [-0.05, 0) is 37.1 Å². The van der Waals surface area contributed by atoms with Crippen LogP contribution in [0, 0.1) is 0 Å². The topological polar surface area (TPSA) is 47.4 Å². The monoisotopic (exact) mass is 373 g/mol. The van der Waals surface area contributed by atoms with Gasteiger partial charge in [0, 0.05) is 25.5 Å². The van der Waals surface area contributed by atoms with Gasteiger partial charge < -0.3 is 4.90 Å². The number of hydrogen-bond donors (Lipinski definition) is 0. The van der Waals surface area contributed by atoms with Gasteiger partial charge in [-0.25, -0.2) is 4.68 Å². The van der Waals surface area contributed by atoms with E-state index in [9.17, 15) is 18.0 Å². The van der Waals surface area contributed by atoms with E-state index in [1.54, 1.807) is 41.3 Å². The summed E-state index contributed by atoms with van der Waals surface area (Å²) in [6.45, 7) is 0.365. The van der Waals surface area contributed by atoms with E-state index in [0.717, 1.165) is 0 Å². The Hall–Kier alpha value is -2.06. The molecule has 1 aliphatic rings. The largest absolute Gasteiger partial charge is 0.522 e. The lowest BCUT2D eigenvalue weighted by Crippen LogP contribution is -2.42. The minimum absolute atomic E-state index is 0.127. The van der Waals surface area contributed by atoms with Crippen molar-refractivity contribution >= 4 is 17.5 Å². The van der Waals surface area contributed by atoms with Crippen LogP contribution in [0.3, 0.4) is 0 Å². The standard InChI is InChI=1S/C16H15ClF3N3O2/c17-14-3-2-11(23-7-1-6-21-23)10-13(14)15(24)22-8-4-12(5-9-22)25-16(18,19)20/h1-3,6-7,10,12H,4-5,8-9H2. The van der Waals surface area contributed by atoms with Gasteiger partial charge >= 0.3 is 6.36 Å². The second-order valence-electron chi connectivity index (χ2n) is 5.67. The van der Waals surface area contributed by atoms with Crippen LogP contribution in [0.1, 0.15) is 23.2 Å². The molecule has 0 spiro atoms. The number of halogens is 4. The smallest absolute Gasteiger partial charge is 0.338 e. The predicted molar refractivity (Wildman–Crippen MR) is 84.6 cm³/mol. The molecule has 0 radical (unpaired) electrons. The van der Waals surface area contributed by atoms with Gasteiger partial charge in [-0.3, -0.25) is 9.53 Å². The van der Waals surface area contributed by atoms with E-state index in [-0.39, 0.29) is 36.9 Å². The summed E-state index contributed by atoms with van der Waals surface area (Å²) >= 11 is 6.14. The molecule has 25 heavy (non-hydrogen) atoms. The van der Waals surface area contributed by atoms with Gasteiger partial charge in [-0.15, -0.1) is 13.2 Å². The highest BCUT2D eigenvalue weighted by Gasteiger charge is 2.35. The molecule has 0 atom stereocenters. The van der Waals surface area contributed by atoms with Crippen molar-refractivity contribution in [2.24, 2.45) is 0 Å². The van der Waals surface area contributed by atoms with Crippen molar-refractivity contribution in [3.05, 3.63) is 47.2 Å². The number of piperidine rings is 1. The predicted octanol–water partition coefficient (Wildman–Crippen LogP) is 3.67. The van der Waals surface area contributed by atoms with Crippen LogP contribution in [0.5, 0.6) is 0 Å². The fourth-order valence-electron chi connectivity index (χ4n) is 2.78. The van der Waals surface area contributed by atoms with Crippen LogP contribution < -0.4 is 0 Å². The highest BCUT2D eigenvalue weighted by atomic mass is 35.5. The number of hydrogen-bond acceptors (Lipinski definition) is 3. The SMILES string of the molecule is O=C(c1cc(-n2cccn2)ccc1Cl)N1CCC(OC(F)(F)F)CC1. The van der Waals surface area contributed by atoms with Gasteiger partial charge in [0.25, 0.3) is 5.91 Å². The van der Waals surface area contributed by atoms with Crippen LogP contribution in [-0.4, -0.2) is 46.1 Å². The van der Waals surface area contributed by atoms with E-state index in [1.165, 1.54) is 4.90 Å². The first-order chi connectivity index (χ1) is 11.8. The van der Waals surface area contributed by atoms with Gasteiger partial charge in [-0.2, -0.15) is 5.10 Å². The maximum absolute atomic E-state index is 12.7. The number of ether oxygens (including phenoxy) is 1. The molecule has 1 aromatic heterocycles. The number of alkyl halides is 3. The zero-order valence-electron chi connectivity index (χ0n) is 13.0. The molecule has 9 heteroatoms. The van der Waals surface area contributed by atoms with Gasteiger partial charge in [0.15, 0.2) is 0 Å². The Morgan fingerprint density at radius 3 is 2.60 bits per heavy atom. The summed E-state index contributed by atoms with van der Waals surface area (Å²) in [4.78, 5) is 14.2. The average Bonchev–Trinajstić information content (AvgIpc) is 3.08. The molecule has 1 amide bonds. The van der Waals surface area contributed by atoms with Gasteiger partial charge in [0.1, 0.15) is 0 Å². The Morgan fingerprint density at radius 1 is 1.28 bits per heavy atom. The number of aromatic nitrogens is 2. The molecule has 0 unspecified atom stereocenters. The first kappa shape index (κ1) is 17.8. The van der Waals surface area contributed by atoms with E-state index < -0.39 is 12.5 Å². The van der Waals surface area contributed by atoms with E-state index in [0.29, 0.717) is 11.3 Å². The zero-order valence-corrected chi connectivity index (χ0v) is 13.8. The fourth-order valence-corrected chi connectivity index (χ4v) is 2.98. The molecule has 0 bridgehead atoms. The Balaban J connectivity index is 1.71. The molecule has 2 aromatic rings. The van der Waals surface area contributed by atoms with Crippen molar-refractivity contribution < 1.29 is 22.7 Å².